The maximum Gasteiger partial charge on any atom is 0.205 e. The summed E-state index contributed by atoms with van der Waals surface area (Å²) < 4.78 is 15.7. The van der Waals surface area contributed by atoms with Crippen molar-refractivity contribution in [2.75, 3.05) is 7.05 Å². The van der Waals surface area contributed by atoms with Crippen molar-refractivity contribution in [3.8, 4) is 11.3 Å². The number of thiophene rings is 1. The molecule has 0 atom stereocenters. The second-order valence-electron chi connectivity index (χ2n) is 4.22. The highest BCUT2D eigenvalue weighted by Gasteiger charge is 2.10. The summed E-state index contributed by atoms with van der Waals surface area (Å²) >= 11 is 3.04. The predicted octanol–water partition coefficient (Wildman–Crippen LogP) is 3.83. The van der Waals surface area contributed by atoms with Gasteiger partial charge >= 0.3 is 0 Å². The lowest BCUT2D eigenvalue weighted by molar-refractivity contribution is 0.629. The van der Waals surface area contributed by atoms with E-state index in [0.717, 1.165) is 10.4 Å². The molecule has 3 aromatic rings. The first kappa shape index (κ1) is 13.9. The Morgan fingerprint density at radius 1 is 1.19 bits per heavy atom. The number of hydrogen-bond donors (Lipinski definition) is 0. The van der Waals surface area contributed by atoms with E-state index in [2.05, 4.69) is 10.1 Å². The number of thiazole rings is 1. The Balaban J connectivity index is 2.11. The normalized spacial score (nSPS) is 12.4. The van der Waals surface area contributed by atoms with Crippen molar-refractivity contribution in [3.05, 3.63) is 62.7 Å². The van der Waals surface area contributed by atoms with E-state index in [1.54, 1.807) is 41.4 Å². The lowest BCUT2D eigenvalue weighted by atomic mass is 10.1. The zero-order valence-corrected chi connectivity index (χ0v) is 12.9. The van der Waals surface area contributed by atoms with E-state index in [0.29, 0.717) is 11.3 Å². The summed E-state index contributed by atoms with van der Waals surface area (Å²) in [7, 11) is 1.70. The molecule has 0 bridgehead atoms. The number of nitrogens with zero attached hydrogens (tertiary/aromatic N) is 3. The van der Waals surface area contributed by atoms with E-state index < -0.39 is 0 Å². The molecule has 3 nitrogen and oxygen atoms in total. The van der Waals surface area contributed by atoms with Crippen molar-refractivity contribution in [3.63, 3.8) is 0 Å². The molecule has 106 valence electrons. The monoisotopic (exact) mass is 317 g/mol. The number of benzene rings is 1. The molecule has 1 aromatic carbocycles. The van der Waals surface area contributed by atoms with Crippen LogP contribution >= 0.6 is 22.7 Å². The molecule has 0 aliphatic carbocycles. The van der Waals surface area contributed by atoms with Crippen LogP contribution in [0.1, 0.15) is 5.56 Å². The van der Waals surface area contributed by atoms with Crippen LogP contribution in [0, 0.1) is 5.82 Å². The molecule has 6 heteroatoms. The van der Waals surface area contributed by atoms with Gasteiger partial charge in [-0.3, -0.25) is 4.99 Å². The van der Waals surface area contributed by atoms with Gasteiger partial charge in [0.1, 0.15) is 5.82 Å². The highest BCUT2D eigenvalue weighted by molar-refractivity contribution is 7.08. The Hall–Kier alpha value is -2.05. The summed E-state index contributed by atoms with van der Waals surface area (Å²) in [5, 5.41) is 10.3. The molecule has 0 aliphatic rings. The molecule has 21 heavy (non-hydrogen) atoms. The molecule has 0 N–H and O–H groups in total. The molecule has 0 saturated carbocycles. The van der Waals surface area contributed by atoms with Crippen molar-refractivity contribution in [2.45, 2.75) is 0 Å². The highest BCUT2D eigenvalue weighted by Crippen LogP contribution is 2.23. The highest BCUT2D eigenvalue weighted by atomic mass is 32.1. The van der Waals surface area contributed by atoms with Crippen molar-refractivity contribution in [2.24, 2.45) is 10.1 Å². The van der Waals surface area contributed by atoms with Gasteiger partial charge in [-0.1, -0.05) is 12.1 Å². The van der Waals surface area contributed by atoms with Gasteiger partial charge in [-0.2, -0.15) is 16.4 Å². The van der Waals surface area contributed by atoms with Gasteiger partial charge in [0.2, 0.25) is 4.80 Å². The maximum absolute atomic E-state index is 14.0. The van der Waals surface area contributed by atoms with Crippen LogP contribution in [0.3, 0.4) is 0 Å². The minimum atomic E-state index is -0.266. The van der Waals surface area contributed by atoms with Crippen molar-refractivity contribution < 1.29 is 4.39 Å². The van der Waals surface area contributed by atoms with Crippen molar-refractivity contribution in [1.82, 2.24) is 4.68 Å². The molecule has 0 aliphatic heterocycles. The van der Waals surface area contributed by atoms with Crippen LogP contribution in [0.5, 0.6) is 0 Å². The lowest BCUT2D eigenvalue weighted by Crippen LogP contribution is -2.11. The molecule has 0 fully saturated rings. The Morgan fingerprint density at radius 3 is 2.76 bits per heavy atom. The Morgan fingerprint density at radius 2 is 2.05 bits per heavy atom. The number of aromatic nitrogens is 1. The second-order valence-corrected chi connectivity index (χ2v) is 5.84. The molecule has 0 radical (unpaired) electrons. The first-order chi connectivity index (χ1) is 10.3. The van der Waals surface area contributed by atoms with Crippen LogP contribution in [0.25, 0.3) is 11.3 Å². The standard InChI is InChI=1S/C15H12FN3S2/c1-17-15-19(18-8-11-6-7-20-9-11)14(10-21-15)12-4-2-3-5-13(12)16/h2-10H,1H3/b17-15?,18-8-. The van der Waals surface area contributed by atoms with Crippen LogP contribution in [-0.4, -0.2) is 17.9 Å². The average molecular weight is 317 g/mol. The van der Waals surface area contributed by atoms with Gasteiger partial charge in [0.05, 0.1) is 11.9 Å². The summed E-state index contributed by atoms with van der Waals surface area (Å²) in [6.45, 7) is 0. The van der Waals surface area contributed by atoms with Crippen LogP contribution < -0.4 is 4.80 Å². The summed E-state index contributed by atoms with van der Waals surface area (Å²) in [6, 6.07) is 8.66. The van der Waals surface area contributed by atoms with Gasteiger partial charge in [-0.25, -0.2) is 9.07 Å². The van der Waals surface area contributed by atoms with Gasteiger partial charge in [-0.15, -0.1) is 11.3 Å². The van der Waals surface area contributed by atoms with Crippen LogP contribution in [0.4, 0.5) is 4.39 Å². The third-order valence-corrected chi connectivity index (χ3v) is 4.50. The smallest absolute Gasteiger partial charge is 0.205 e. The molecular weight excluding hydrogens is 305 g/mol. The maximum atomic E-state index is 14.0. The molecule has 0 unspecified atom stereocenters. The van der Waals surface area contributed by atoms with Crippen LogP contribution in [-0.2, 0) is 0 Å². The van der Waals surface area contributed by atoms with E-state index in [4.69, 9.17) is 0 Å². The van der Waals surface area contributed by atoms with Gasteiger partial charge in [0.25, 0.3) is 0 Å². The SMILES string of the molecule is CN=c1scc(-c2ccccc2F)n1/N=C\c1ccsc1. The van der Waals surface area contributed by atoms with Crippen LogP contribution in [0.15, 0.2) is 56.6 Å². The van der Waals surface area contributed by atoms with E-state index >= 15 is 0 Å². The summed E-state index contributed by atoms with van der Waals surface area (Å²) in [6.07, 6.45) is 1.75. The molecule has 0 saturated heterocycles. The lowest BCUT2D eigenvalue weighted by Gasteiger charge is -2.04. The zero-order valence-electron chi connectivity index (χ0n) is 11.2. The van der Waals surface area contributed by atoms with E-state index in [1.165, 1.54) is 17.4 Å². The first-order valence-electron chi connectivity index (χ1n) is 6.24. The van der Waals surface area contributed by atoms with E-state index in [1.807, 2.05) is 28.3 Å². The van der Waals surface area contributed by atoms with Gasteiger partial charge in [0.15, 0.2) is 0 Å². The fourth-order valence-corrected chi connectivity index (χ4v) is 3.30. The predicted molar refractivity (Wildman–Crippen MR) is 86.5 cm³/mol. The Kier molecular flexibility index (Phi) is 4.08. The summed E-state index contributed by atoms with van der Waals surface area (Å²) in [4.78, 5) is 4.92. The molecule has 2 heterocycles. The molecule has 0 spiro atoms. The fraction of sp³-hybridized carbons (Fsp3) is 0.0667. The zero-order chi connectivity index (χ0) is 14.7. The second kappa shape index (κ2) is 6.15. The van der Waals surface area contributed by atoms with E-state index in [9.17, 15) is 4.39 Å². The van der Waals surface area contributed by atoms with Gasteiger partial charge in [0, 0.05) is 23.6 Å². The minimum Gasteiger partial charge on any atom is -0.261 e. The summed E-state index contributed by atoms with van der Waals surface area (Å²) in [5.41, 5.74) is 2.23. The number of halogens is 1. The average Bonchev–Trinajstić information content (AvgIpc) is 3.14. The minimum absolute atomic E-state index is 0.266. The third kappa shape index (κ3) is 2.86. The van der Waals surface area contributed by atoms with Crippen LogP contribution in [0.2, 0.25) is 0 Å². The number of rotatable bonds is 3. The molecular formula is C15H12FN3S2. The van der Waals surface area contributed by atoms with Crippen molar-refractivity contribution >= 4 is 28.9 Å². The van der Waals surface area contributed by atoms with Crippen molar-refractivity contribution in [1.29, 1.82) is 0 Å². The quantitative estimate of drug-likeness (QED) is 0.657. The number of hydrogen-bond acceptors (Lipinski definition) is 4. The van der Waals surface area contributed by atoms with Gasteiger partial charge in [-0.05, 0) is 29.0 Å². The topological polar surface area (TPSA) is 29.6 Å². The largest absolute Gasteiger partial charge is 0.261 e. The molecule has 2 aromatic heterocycles. The fourth-order valence-electron chi connectivity index (χ4n) is 1.89. The Bertz CT molecular complexity index is 829. The summed E-state index contributed by atoms with van der Waals surface area (Å²) in [5.74, 6) is -0.266. The molecule has 3 rings (SSSR count). The first-order valence-corrected chi connectivity index (χ1v) is 8.06. The third-order valence-electron chi connectivity index (χ3n) is 2.89. The van der Waals surface area contributed by atoms with E-state index in [-0.39, 0.29) is 5.82 Å². The van der Waals surface area contributed by atoms with Gasteiger partial charge < -0.3 is 0 Å². The Labute approximate surface area is 129 Å². The molecule has 0 amide bonds.